The maximum atomic E-state index is 15.4. The molecular weight excluding hydrogens is 997 g/mol. The van der Waals surface area contributed by atoms with Gasteiger partial charge in [0.05, 0.1) is 4.47 Å². The molecule has 0 aliphatic heterocycles. The van der Waals surface area contributed by atoms with E-state index in [2.05, 4.69) is 66.9 Å². The summed E-state index contributed by atoms with van der Waals surface area (Å²) in [6.45, 7) is 0.876. The Morgan fingerprint density at radius 2 is 0.583 bits per heavy atom. The minimum atomic E-state index is -7.22. The van der Waals surface area contributed by atoms with E-state index >= 15 is 35.1 Å². The standard InChI is InChI=1S/C24BF20.C12H10Br2N/c26-5-1(6(27)14(35)21(42)13(5)34)25(2-7(28)15(36)22(43)16(37)8(2)29,3-9(30)17(38)23(44)18(39)10(3)31)4-11(32)19(40)24(45)20(41)12(4)33;13-11-6-7-12(14)15(9-11)8-10-4-2-1-3-5-10/h;1-7,9H,8H2/q-1;+1. The van der Waals surface area contributed by atoms with Crippen molar-refractivity contribution < 1.29 is 92.4 Å². The summed E-state index contributed by atoms with van der Waals surface area (Å²) in [6.07, 6.45) is -5.15. The van der Waals surface area contributed by atoms with Crippen molar-refractivity contribution in [2.75, 3.05) is 0 Å². The molecule has 0 bridgehead atoms. The normalized spacial score (nSPS) is 11.6. The van der Waals surface area contributed by atoms with Crippen LogP contribution in [0.1, 0.15) is 5.56 Å². The van der Waals surface area contributed by atoms with Crippen molar-refractivity contribution >= 4 is 59.9 Å². The molecule has 0 radical (unpaired) electrons. The van der Waals surface area contributed by atoms with E-state index in [1.54, 1.807) is 0 Å². The fourth-order valence-corrected chi connectivity index (χ4v) is 7.01. The minimum Gasteiger partial charge on any atom is -0.207 e. The van der Waals surface area contributed by atoms with Crippen LogP contribution in [0.15, 0.2) is 57.7 Å². The molecule has 0 saturated carbocycles. The second-order valence-corrected chi connectivity index (χ2v) is 13.8. The molecule has 0 unspecified atom stereocenters. The first-order valence-electron chi connectivity index (χ1n) is 15.6. The minimum absolute atomic E-state index is 0.876. The van der Waals surface area contributed by atoms with Gasteiger partial charge in [-0.15, -0.1) is 21.9 Å². The summed E-state index contributed by atoms with van der Waals surface area (Å²) in [5, 5.41) is 0. The zero-order valence-corrected chi connectivity index (χ0v) is 31.3. The second kappa shape index (κ2) is 17.1. The van der Waals surface area contributed by atoms with Crippen LogP contribution >= 0.6 is 31.9 Å². The van der Waals surface area contributed by atoms with Crippen LogP contribution in [0, 0.1) is 116 Å². The molecule has 0 N–H and O–H groups in total. The Kier molecular flexibility index (Phi) is 13.1. The van der Waals surface area contributed by atoms with E-state index in [0.717, 1.165) is 15.6 Å². The molecule has 1 nitrogen and oxygen atoms in total. The average molecular weight is 1010 g/mol. The van der Waals surface area contributed by atoms with Gasteiger partial charge in [0.15, 0.2) is 82.5 Å². The lowest BCUT2D eigenvalue weighted by Crippen LogP contribution is -2.81. The highest BCUT2D eigenvalue weighted by atomic mass is 79.9. The smallest absolute Gasteiger partial charge is 0.207 e. The van der Waals surface area contributed by atoms with Crippen molar-refractivity contribution in [1.29, 1.82) is 0 Å². The van der Waals surface area contributed by atoms with Gasteiger partial charge >= 0.3 is 0 Å². The molecule has 1 aromatic heterocycles. The number of pyridine rings is 1. The zero-order chi connectivity index (χ0) is 45.0. The van der Waals surface area contributed by atoms with Crippen LogP contribution in [0.5, 0.6) is 0 Å². The Morgan fingerprint density at radius 1 is 0.333 bits per heavy atom. The summed E-state index contributed by atoms with van der Waals surface area (Å²) in [5.74, 6) is -71.4. The van der Waals surface area contributed by atoms with Gasteiger partial charge in [0.1, 0.15) is 52.7 Å². The van der Waals surface area contributed by atoms with E-state index in [1.165, 1.54) is 5.56 Å². The number of hydrogen-bond acceptors (Lipinski definition) is 0. The van der Waals surface area contributed by atoms with Crippen LogP contribution < -0.4 is 26.4 Å². The number of benzene rings is 5. The maximum Gasteiger partial charge on any atom is 0.248 e. The van der Waals surface area contributed by atoms with Gasteiger partial charge in [-0.1, -0.05) is 30.3 Å². The number of rotatable bonds is 6. The van der Waals surface area contributed by atoms with Gasteiger partial charge in [0.25, 0.3) is 0 Å². The monoisotopic (exact) mass is 1000 g/mol. The number of aromatic nitrogens is 1. The van der Waals surface area contributed by atoms with Gasteiger partial charge in [-0.3, -0.25) is 0 Å². The van der Waals surface area contributed by atoms with Gasteiger partial charge in [0.2, 0.25) is 4.60 Å². The molecule has 24 heteroatoms. The first-order valence-corrected chi connectivity index (χ1v) is 17.2. The summed E-state index contributed by atoms with van der Waals surface area (Å²) in [7, 11) is 0. The number of hydrogen-bond donors (Lipinski definition) is 0. The lowest BCUT2D eigenvalue weighted by molar-refractivity contribution is -0.699. The molecule has 0 fully saturated rings. The number of nitrogens with zero attached hydrogens (tertiary/aromatic N) is 1. The highest BCUT2D eigenvalue weighted by Gasteiger charge is 2.52. The molecule has 0 saturated heterocycles. The summed E-state index contributed by atoms with van der Waals surface area (Å²) >= 11 is 7.00. The predicted octanol–water partition coefficient (Wildman–Crippen LogP) is 9.39. The third-order valence-electron chi connectivity index (χ3n) is 8.84. The van der Waals surface area contributed by atoms with Crippen molar-refractivity contribution in [2.24, 2.45) is 0 Å². The van der Waals surface area contributed by atoms with E-state index < -0.39 is 144 Å². The van der Waals surface area contributed by atoms with Crippen molar-refractivity contribution in [1.82, 2.24) is 0 Å². The molecule has 316 valence electrons. The van der Waals surface area contributed by atoms with Crippen molar-refractivity contribution in [2.45, 2.75) is 6.54 Å². The van der Waals surface area contributed by atoms with Crippen LogP contribution in [-0.2, 0) is 6.54 Å². The molecule has 0 atom stereocenters. The van der Waals surface area contributed by atoms with Crippen LogP contribution in [0.3, 0.4) is 0 Å². The molecule has 0 aliphatic rings. The molecule has 0 amide bonds. The molecule has 60 heavy (non-hydrogen) atoms. The molecular formula is C36H10BBr2F20N. The Morgan fingerprint density at radius 3 is 0.850 bits per heavy atom. The third kappa shape index (κ3) is 7.27. The molecule has 6 aromatic rings. The predicted molar refractivity (Wildman–Crippen MR) is 177 cm³/mol. The van der Waals surface area contributed by atoms with E-state index in [9.17, 15) is 52.7 Å². The summed E-state index contributed by atoms with van der Waals surface area (Å²) in [5.41, 5.74) is -13.0. The topological polar surface area (TPSA) is 3.88 Å². The fraction of sp³-hybridized carbons (Fsp3) is 0.0278. The summed E-state index contributed by atoms with van der Waals surface area (Å²) in [6, 6.07) is 14.5. The molecule has 0 aliphatic carbocycles. The lowest BCUT2D eigenvalue weighted by Gasteiger charge is -2.44. The summed E-state index contributed by atoms with van der Waals surface area (Å²) in [4.78, 5) is 0. The molecule has 6 rings (SSSR count). The maximum absolute atomic E-state index is 15.4. The second-order valence-electron chi connectivity index (χ2n) is 12.1. The Bertz CT molecular complexity index is 2330. The average Bonchev–Trinajstić information content (AvgIpc) is 3.22. The van der Waals surface area contributed by atoms with Crippen molar-refractivity contribution in [3.8, 4) is 0 Å². The van der Waals surface area contributed by atoms with Crippen molar-refractivity contribution in [3.63, 3.8) is 0 Å². The molecule has 5 aromatic carbocycles. The molecule has 0 spiro atoms. The van der Waals surface area contributed by atoms with Crippen LogP contribution in [0.25, 0.3) is 0 Å². The third-order valence-corrected chi connectivity index (χ3v) is 10.0. The van der Waals surface area contributed by atoms with Crippen LogP contribution in [0.4, 0.5) is 87.8 Å². The van der Waals surface area contributed by atoms with Crippen LogP contribution in [-0.4, -0.2) is 6.15 Å². The van der Waals surface area contributed by atoms with Gasteiger partial charge in [-0.05, 0) is 22.0 Å². The largest absolute Gasteiger partial charge is 0.248 e. The van der Waals surface area contributed by atoms with Gasteiger partial charge in [0, 0.05) is 27.6 Å². The van der Waals surface area contributed by atoms with E-state index in [-0.39, 0.29) is 0 Å². The quantitative estimate of drug-likeness (QED) is 0.0392. The first-order chi connectivity index (χ1) is 28.0. The summed E-state index contributed by atoms with van der Waals surface area (Å²) < 4.78 is 298. The Balaban J connectivity index is 0.000000379. The van der Waals surface area contributed by atoms with Crippen LogP contribution in [0.2, 0.25) is 0 Å². The van der Waals surface area contributed by atoms with Gasteiger partial charge < -0.3 is 0 Å². The highest BCUT2D eigenvalue weighted by molar-refractivity contribution is 9.10. The highest BCUT2D eigenvalue weighted by Crippen LogP contribution is 2.30. The zero-order valence-electron chi connectivity index (χ0n) is 28.2. The van der Waals surface area contributed by atoms with E-state index in [4.69, 9.17) is 0 Å². The van der Waals surface area contributed by atoms with Gasteiger partial charge in [-0.2, -0.15) is 4.57 Å². The SMILES string of the molecule is Brc1ccc(Br)[n+](Cc2ccccc2)c1.Fc1c(F)c(F)c([B-](c2c(F)c(F)c(F)c(F)c2F)(c2c(F)c(F)c(F)c(F)c2F)c2c(F)c(F)c(F)c(F)c2F)c(F)c1F. The van der Waals surface area contributed by atoms with E-state index in [0.29, 0.717) is 0 Å². The lowest BCUT2D eigenvalue weighted by atomic mass is 9.12. The molecule has 1 heterocycles. The first kappa shape index (κ1) is 46.0. The van der Waals surface area contributed by atoms with Crippen molar-refractivity contribution in [3.05, 3.63) is 180 Å². The fourth-order valence-electron chi connectivity index (χ4n) is 6.27. The number of halogens is 22. The Hall–Kier alpha value is -5.13. The van der Waals surface area contributed by atoms with E-state index in [1.807, 2.05) is 18.2 Å². The van der Waals surface area contributed by atoms with Gasteiger partial charge in [-0.25, -0.2) is 87.8 Å². The Labute approximate surface area is 337 Å².